The molecule has 0 heterocycles. The van der Waals surface area contributed by atoms with E-state index in [1.807, 2.05) is 60.7 Å². The predicted octanol–water partition coefficient (Wildman–Crippen LogP) is 8.47. The molecular formula is C32H31ClF3NO2. The van der Waals surface area contributed by atoms with Gasteiger partial charge >= 0.3 is 6.18 Å². The molecule has 0 aliphatic rings. The lowest BCUT2D eigenvalue weighted by Gasteiger charge is -2.29. The molecule has 0 atom stereocenters. The lowest BCUT2D eigenvalue weighted by atomic mass is 9.90. The monoisotopic (exact) mass is 553 g/mol. The third-order valence-electron chi connectivity index (χ3n) is 6.57. The lowest BCUT2D eigenvalue weighted by molar-refractivity contribution is -0.137. The van der Waals surface area contributed by atoms with Crippen molar-refractivity contribution in [3.05, 3.63) is 130 Å². The average molecular weight is 554 g/mol. The number of hydrogen-bond acceptors (Lipinski definition) is 3. The van der Waals surface area contributed by atoms with Crippen molar-refractivity contribution in [3.63, 3.8) is 0 Å². The van der Waals surface area contributed by atoms with Gasteiger partial charge in [0.05, 0.1) is 24.3 Å². The number of nitrogens with zero attached hydrogens (tertiary/aromatic N) is 1. The van der Waals surface area contributed by atoms with Crippen LogP contribution in [0.5, 0.6) is 11.5 Å². The third kappa shape index (κ3) is 7.78. The van der Waals surface area contributed by atoms with Crippen molar-refractivity contribution >= 4 is 11.6 Å². The zero-order chi connectivity index (χ0) is 27.7. The molecule has 4 aromatic carbocycles. The van der Waals surface area contributed by atoms with Gasteiger partial charge in [-0.05, 0) is 41.3 Å². The summed E-state index contributed by atoms with van der Waals surface area (Å²) in [4.78, 5) is 2.15. The molecule has 3 nitrogen and oxygen atoms in total. The molecular weight excluding hydrogens is 523 g/mol. The van der Waals surface area contributed by atoms with E-state index in [1.54, 1.807) is 13.2 Å². The van der Waals surface area contributed by atoms with Crippen LogP contribution in [-0.4, -0.2) is 31.7 Å². The number of rotatable bonds is 12. The van der Waals surface area contributed by atoms with Crippen LogP contribution in [0, 0.1) is 0 Å². The fourth-order valence-corrected chi connectivity index (χ4v) is 4.93. The van der Waals surface area contributed by atoms with Gasteiger partial charge in [0.1, 0.15) is 0 Å². The highest BCUT2D eigenvalue weighted by molar-refractivity contribution is 6.32. The summed E-state index contributed by atoms with van der Waals surface area (Å²) in [5.74, 6) is 1.32. The minimum absolute atomic E-state index is 0.0205. The molecule has 7 heteroatoms. The summed E-state index contributed by atoms with van der Waals surface area (Å²) in [5.41, 5.74) is 1.89. The van der Waals surface area contributed by atoms with Crippen LogP contribution >= 0.6 is 11.6 Å². The minimum Gasteiger partial charge on any atom is -0.493 e. The zero-order valence-corrected chi connectivity index (χ0v) is 22.5. The Morgan fingerprint density at radius 2 is 1.36 bits per heavy atom. The Morgan fingerprint density at radius 1 is 0.769 bits per heavy atom. The molecule has 0 bridgehead atoms. The van der Waals surface area contributed by atoms with Crippen LogP contribution in [0.2, 0.25) is 5.02 Å². The molecule has 4 aromatic rings. The Bertz CT molecular complexity index is 1280. The molecule has 0 aromatic heterocycles. The van der Waals surface area contributed by atoms with E-state index in [-0.39, 0.29) is 17.5 Å². The molecule has 0 saturated heterocycles. The Morgan fingerprint density at radius 3 is 1.95 bits per heavy atom. The third-order valence-corrected chi connectivity index (χ3v) is 7.01. The predicted molar refractivity (Wildman–Crippen MR) is 150 cm³/mol. The van der Waals surface area contributed by atoms with Crippen molar-refractivity contribution in [1.82, 2.24) is 4.90 Å². The van der Waals surface area contributed by atoms with Gasteiger partial charge < -0.3 is 9.47 Å². The van der Waals surface area contributed by atoms with Crippen LogP contribution in [0.3, 0.4) is 0 Å². The molecule has 0 saturated carbocycles. The van der Waals surface area contributed by atoms with Crippen molar-refractivity contribution in [2.75, 3.05) is 26.8 Å². The van der Waals surface area contributed by atoms with Crippen LogP contribution in [-0.2, 0) is 12.7 Å². The molecule has 0 unspecified atom stereocenters. The second kappa shape index (κ2) is 13.5. The summed E-state index contributed by atoms with van der Waals surface area (Å²) >= 11 is 6.30. The highest BCUT2D eigenvalue weighted by Crippen LogP contribution is 2.37. The maximum Gasteiger partial charge on any atom is 0.417 e. The van der Waals surface area contributed by atoms with E-state index >= 15 is 0 Å². The van der Waals surface area contributed by atoms with Gasteiger partial charge in [0.15, 0.2) is 11.5 Å². The highest BCUT2D eigenvalue weighted by Gasteiger charge is 2.34. The maximum atomic E-state index is 13.6. The number of methoxy groups -OCH3 is 1. The molecule has 0 amide bonds. The quantitative estimate of drug-likeness (QED) is 0.164. The molecule has 0 radical (unpaired) electrons. The molecule has 0 fully saturated rings. The Labute approximate surface area is 232 Å². The first-order chi connectivity index (χ1) is 18.9. The average Bonchev–Trinajstić information content (AvgIpc) is 2.95. The van der Waals surface area contributed by atoms with Crippen molar-refractivity contribution in [1.29, 1.82) is 0 Å². The van der Waals surface area contributed by atoms with Gasteiger partial charge in [-0.15, -0.1) is 0 Å². The van der Waals surface area contributed by atoms with Crippen LogP contribution in [0.15, 0.2) is 103 Å². The van der Waals surface area contributed by atoms with Crippen LogP contribution in [0.25, 0.3) is 0 Å². The molecule has 0 N–H and O–H groups in total. The van der Waals surface area contributed by atoms with Crippen molar-refractivity contribution in [3.8, 4) is 11.5 Å². The van der Waals surface area contributed by atoms with Gasteiger partial charge in [-0.3, -0.25) is 4.90 Å². The number of hydrogen-bond donors (Lipinski definition) is 0. The van der Waals surface area contributed by atoms with Crippen LogP contribution in [0.1, 0.15) is 34.6 Å². The topological polar surface area (TPSA) is 21.7 Å². The van der Waals surface area contributed by atoms with Crippen molar-refractivity contribution < 1.29 is 22.6 Å². The standard InChI is InChI=1S/C32H31ClF3NO2/c1-38-29-18-8-9-19-30(29)39-21-11-20-37(22-26-16-10-17-28(31(26)33)32(34,35)36)23-27(24-12-4-2-5-13-24)25-14-6-3-7-15-25/h2-10,12-19,27H,11,20-23H2,1H3. The summed E-state index contributed by atoms with van der Waals surface area (Å²) in [5, 5.41) is -0.253. The zero-order valence-electron chi connectivity index (χ0n) is 21.7. The van der Waals surface area contributed by atoms with Crippen LogP contribution < -0.4 is 9.47 Å². The smallest absolute Gasteiger partial charge is 0.417 e. The number of halogens is 4. The molecule has 39 heavy (non-hydrogen) atoms. The first-order valence-corrected chi connectivity index (χ1v) is 13.2. The summed E-state index contributed by atoms with van der Waals surface area (Å²) in [6.07, 6.45) is -3.86. The van der Waals surface area contributed by atoms with E-state index in [0.29, 0.717) is 43.2 Å². The van der Waals surface area contributed by atoms with E-state index in [0.717, 1.165) is 17.2 Å². The first-order valence-electron chi connectivity index (χ1n) is 12.8. The van der Waals surface area contributed by atoms with E-state index in [9.17, 15) is 13.2 Å². The fourth-order valence-electron chi connectivity index (χ4n) is 4.64. The van der Waals surface area contributed by atoms with Gasteiger partial charge in [0, 0.05) is 25.6 Å². The minimum atomic E-state index is -4.52. The Balaban J connectivity index is 1.57. The van der Waals surface area contributed by atoms with E-state index in [1.165, 1.54) is 6.07 Å². The SMILES string of the molecule is COc1ccccc1OCCCN(Cc1cccc(C(F)(F)F)c1Cl)CC(c1ccccc1)c1ccccc1. The van der Waals surface area contributed by atoms with E-state index in [2.05, 4.69) is 29.2 Å². The number of alkyl halides is 3. The van der Waals surface area contributed by atoms with E-state index < -0.39 is 11.7 Å². The summed E-state index contributed by atoms with van der Waals surface area (Å²) in [7, 11) is 1.59. The van der Waals surface area contributed by atoms with Crippen LogP contribution in [0.4, 0.5) is 13.2 Å². The molecule has 0 spiro atoms. The highest BCUT2D eigenvalue weighted by atomic mass is 35.5. The van der Waals surface area contributed by atoms with Crippen molar-refractivity contribution in [2.45, 2.75) is 25.1 Å². The van der Waals surface area contributed by atoms with Crippen molar-refractivity contribution in [2.24, 2.45) is 0 Å². The largest absolute Gasteiger partial charge is 0.493 e. The molecule has 0 aliphatic carbocycles. The number of benzene rings is 4. The normalized spacial score (nSPS) is 11.7. The lowest BCUT2D eigenvalue weighted by Crippen LogP contribution is -2.31. The summed E-state index contributed by atoms with van der Waals surface area (Å²) in [6, 6.07) is 31.8. The van der Waals surface area contributed by atoms with E-state index in [4.69, 9.17) is 21.1 Å². The number of ether oxygens (including phenoxy) is 2. The van der Waals surface area contributed by atoms with Gasteiger partial charge in [-0.1, -0.05) is 96.5 Å². The van der Waals surface area contributed by atoms with Gasteiger partial charge in [-0.2, -0.15) is 13.2 Å². The summed E-state index contributed by atoms with van der Waals surface area (Å²) in [6.45, 7) is 1.88. The summed E-state index contributed by atoms with van der Waals surface area (Å²) < 4.78 is 52.0. The molecule has 4 rings (SSSR count). The second-order valence-corrected chi connectivity index (χ2v) is 9.62. The Hall–Kier alpha value is -3.48. The number of para-hydroxylation sites is 2. The first kappa shape index (κ1) is 28.5. The molecule has 0 aliphatic heterocycles. The van der Waals surface area contributed by atoms with Gasteiger partial charge in [0.25, 0.3) is 0 Å². The molecule has 204 valence electrons. The second-order valence-electron chi connectivity index (χ2n) is 9.24. The van der Waals surface area contributed by atoms with Gasteiger partial charge in [0.2, 0.25) is 0 Å². The fraction of sp³-hybridized carbons (Fsp3) is 0.250. The maximum absolute atomic E-state index is 13.6. The van der Waals surface area contributed by atoms with Gasteiger partial charge in [-0.25, -0.2) is 0 Å². The Kier molecular flexibility index (Phi) is 9.90.